The summed E-state index contributed by atoms with van der Waals surface area (Å²) in [5.41, 5.74) is 0.247. The van der Waals surface area contributed by atoms with Crippen molar-refractivity contribution in [3.05, 3.63) is 36.2 Å². The van der Waals surface area contributed by atoms with E-state index >= 15 is 0 Å². The summed E-state index contributed by atoms with van der Waals surface area (Å²) in [7, 11) is 0. The Balaban J connectivity index is 1.65. The van der Waals surface area contributed by atoms with Crippen LogP contribution < -0.4 is 5.32 Å². The van der Waals surface area contributed by atoms with Crippen LogP contribution in [-0.4, -0.2) is 34.4 Å². The van der Waals surface area contributed by atoms with Gasteiger partial charge in [-0.05, 0) is 39.3 Å². The van der Waals surface area contributed by atoms with Gasteiger partial charge in [0.15, 0.2) is 6.61 Å². The second-order valence-electron chi connectivity index (χ2n) is 6.56. The average molecular weight is 361 g/mol. The van der Waals surface area contributed by atoms with Gasteiger partial charge in [-0.3, -0.25) is 4.79 Å². The maximum absolute atomic E-state index is 11.7. The monoisotopic (exact) mass is 361 g/mol. The molecule has 0 radical (unpaired) electrons. The van der Waals surface area contributed by atoms with Crippen LogP contribution in [-0.2, 0) is 20.9 Å². The Kier molecular flexibility index (Phi) is 6.71. The summed E-state index contributed by atoms with van der Waals surface area (Å²) in [5, 5.41) is 10.3. The van der Waals surface area contributed by atoms with Gasteiger partial charge in [0.05, 0.1) is 0 Å². The molecule has 26 heavy (non-hydrogen) atoms. The normalized spacial score (nSPS) is 11.0. The molecule has 0 aliphatic heterocycles. The third-order valence-electron chi connectivity index (χ3n) is 3.07. The molecule has 1 aromatic heterocycles. The number of aromatic nitrogens is 2. The van der Waals surface area contributed by atoms with Crippen LogP contribution in [0.25, 0.3) is 11.5 Å². The molecule has 8 heteroatoms. The highest BCUT2D eigenvalue weighted by Crippen LogP contribution is 2.17. The van der Waals surface area contributed by atoms with E-state index in [4.69, 9.17) is 13.9 Å². The van der Waals surface area contributed by atoms with E-state index in [0.717, 1.165) is 5.56 Å². The number of carbonyl (C=O) groups is 2. The zero-order valence-corrected chi connectivity index (χ0v) is 15.2. The molecule has 0 atom stereocenters. The van der Waals surface area contributed by atoms with Crippen molar-refractivity contribution >= 4 is 12.1 Å². The minimum absolute atomic E-state index is 0.0852. The summed E-state index contributed by atoms with van der Waals surface area (Å²) >= 11 is 0. The van der Waals surface area contributed by atoms with Gasteiger partial charge in [-0.1, -0.05) is 18.2 Å². The number of nitrogens with zero attached hydrogens (tertiary/aromatic N) is 2. The van der Waals surface area contributed by atoms with E-state index in [1.807, 2.05) is 30.3 Å². The number of ether oxygens (including phenoxy) is 2. The first-order chi connectivity index (χ1) is 12.3. The summed E-state index contributed by atoms with van der Waals surface area (Å²) in [6, 6.07) is 9.32. The fourth-order valence-corrected chi connectivity index (χ4v) is 1.96. The molecule has 0 fully saturated rings. The quantitative estimate of drug-likeness (QED) is 0.597. The topological polar surface area (TPSA) is 104 Å². The molecule has 0 spiro atoms. The average Bonchev–Trinajstić information content (AvgIpc) is 3.05. The highest BCUT2D eigenvalue weighted by atomic mass is 16.6. The van der Waals surface area contributed by atoms with Crippen LogP contribution >= 0.6 is 0 Å². The molecule has 2 aromatic rings. The summed E-state index contributed by atoms with van der Waals surface area (Å²) in [6.07, 6.45) is 0.0947. The molecule has 1 aromatic carbocycles. The number of nitrogens with one attached hydrogen (secondary N) is 1. The molecule has 140 valence electrons. The first kappa shape index (κ1) is 19.4. The third kappa shape index (κ3) is 6.92. The number of benzene rings is 1. The van der Waals surface area contributed by atoms with Gasteiger partial charge in [0, 0.05) is 18.5 Å². The van der Waals surface area contributed by atoms with Crippen molar-refractivity contribution in [1.82, 2.24) is 15.5 Å². The van der Waals surface area contributed by atoms with Crippen molar-refractivity contribution in [2.24, 2.45) is 0 Å². The van der Waals surface area contributed by atoms with E-state index in [1.165, 1.54) is 0 Å². The van der Waals surface area contributed by atoms with E-state index in [0.29, 0.717) is 18.9 Å². The molecule has 2 rings (SSSR count). The highest BCUT2D eigenvalue weighted by Gasteiger charge is 2.16. The molecule has 0 saturated carbocycles. The Hall–Kier alpha value is -2.90. The Morgan fingerprint density at radius 2 is 1.88 bits per heavy atom. The maximum atomic E-state index is 11.7. The maximum Gasteiger partial charge on any atom is 0.407 e. The van der Waals surface area contributed by atoms with Gasteiger partial charge in [0.25, 0.3) is 5.89 Å². The lowest BCUT2D eigenvalue weighted by Gasteiger charge is -2.19. The Morgan fingerprint density at radius 1 is 1.15 bits per heavy atom. The number of esters is 1. The van der Waals surface area contributed by atoms with Gasteiger partial charge < -0.3 is 19.2 Å². The number of amides is 1. The summed E-state index contributed by atoms with van der Waals surface area (Å²) in [6.45, 7) is 5.58. The number of hydrogen-bond acceptors (Lipinski definition) is 7. The standard InChI is InChI=1S/C18H23N3O5/c1-18(2,3)26-17(23)19-11-7-10-15(22)24-12-14-20-21-16(25-14)13-8-5-4-6-9-13/h4-6,8-9H,7,10-12H2,1-3H3,(H,19,23). The molecular formula is C18H23N3O5. The predicted molar refractivity (Wildman–Crippen MR) is 93.0 cm³/mol. The summed E-state index contributed by atoms with van der Waals surface area (Å²) in [4.78, 5) is 23.2. The molecule has 1 N–H and O–H groups in total. The van der Waals surface area contributed by atoms with Gasteiger partial charge in [0.1, 0.15) is 5.60 Å². The van der Waals surface area contributed by atoms with Gasteiger partial charge in [-0.2, -0.15) is 0 Å². The van der Waals surface area contributed by atoms with E-state index in [-0.39, 0.29) is 18.9 Å². The molecule has 8 nitrogen and oxygen atoms in total. The van der Waals surface area contributed by atoms with Crippen molar-refractivity contribution in [1.29, 1.82) is 0 Å². The van der Waals surface area contributed by atoms with Gasteiger partial charge in [-0.25, -0.2) is 4.79 Å². The van der Waals surface area contributed by atoms with Gasteiger partial charge in [-0.15, -0.1) is 10.2 Å². The fraction of sp³-hybridized carbons (Fsp3) is 0.444. The first-order valence-corrected chi connectivity index (χ1v) is 8.34. The van der Waals surface area contributed by atoms with Crippen molar-refractivity contribution in [3.8, 4) is 11.5 Å². The van der Waals surface area contributed by atoms with Crippen molar-refractivity contribution in [2.75, 3.05) is 6.54 Å². The lowest BCUT2D eigenvalue weighted by Crippen LogP contribution is -2.33. The predicted octanol–water partition coefficient (Wildman–Crippen LogP) is 3.08. The second-order valence-corrected chi connectivity index (χ2v) is 6.56. The van der Waals surface area contributed by atoms with Crippen LogP contribution in [0.2, 0.25) is 0 Å². The second kappa shape index (κ2) is 8.98. The van der Waals surface area contributed by atoms with Gasteiger partial charge in [0.2, 0.25) is 5.89 Å². The number of alkyl carbamates (subject to hydrolysis) is 1. The fourth-order valence-electron chi connectivity index (χ4n) is 1.96. The Labute approximate surface area is 151 Å². The minimum atomic E-state index is -0.550. The molecule has 0 unspecified atom stereocenters. The van der Waals surface area contributed by atoms with Crippen molar-refractivity contribution in [3.63, 3.8) is 0 Å². The molecule has 0 saturated heterocycles. The van der Waals surface area contributed by atoms with E-state index in [9.17, 15) is 9.59 Å². The van der Waals surface area contributed by atoms with E-state index in [1.54, 1.807) is 20.8 Å². The van der Waals surface area contributed by atoms with Crippen LogP contribution in [0.5, 0.6) is 0 Å². The van der Waals surface area contributed by atoms with Crippen LogP contribution in [0.4, 0.5) is 4.79 Å². The molecule has 1 heterocycles. The smallest absolute Gasteiger partial charge is 0.407 e. The number of carbonyl (C=O) groups excluding carboxylic acids is 2. The SMILES string of the molecule is CC(C)(C)OC(=O)NCCCC(=O)OCc1nnc(-c2ccccc2)o1. The number of rotatable bonds is 7. The van der Waals surface area contributed by atoms with Crippen LogP contribution in [0.3, 0.4) is 0 Å². The van der Waals surface area contributed by atoms with E-state index in [2.05, 4.69) is 15.5 Å². The minimum Gasteiger partial charge on any atom is -0.456 e. The summed E-state index contributed by atoms with van der Waals surface area (Å²) < 4.78 is 15.6. The number of hydrogen-bond donors (Lipinski definition) is 1. The zero-order valence-electron chi connectivity index (χ0n) is 15.2. The Morgan fingerprint density at radius 3 is 2.58 bits per heavy atom. The van der Waals surface area contributed by atoms with Crippen molar-refractivity contribution < 1.29 is 23.5 Å². The molecule has 0 aliphatic rings. The zero-order chi connectivity index (χ0) is 19.0. The lowest BCUT2D eigenvalue weighted by molar-refractivity contribution is -0.145. The molecule has 0 aliphatic carbocycles. The molecular weight excluding hydrogens is 338 g/mol. The van der Waals surface area contributed by atoms with Crippen molar-refractivity contribution in [2.45, 2.75) is 45.8 Å². The van der Waals surface area contributed by atoms with Gasteiger partial charge >= 0.3 is 12.1 Å². The first-order valence-electron chi connectivity index (χ1n) is 8.34. The highest BCUT2D eigenvalue weighted by molar-refractivity contribution is 5.70. The molecule has 1 amide bonds. The largest absolute Gasteiger partial charge is 0.456 e. The van der Waals surface area contributed by atoms with Crippen LogP contribution in [0.15, 0.2) is 34.7 Å². The van der Waals surface area contributed by atoms with Crippen LogP contribution in [0, 0.1) is 0 Å². The van der Waals surface area contributed by atoms with Crippen LogP contribution in [0.1, 0.15) is 39.5 Å². The third-order valence-corrected chi connectivity index (χ3v) is 3.07. The lowest BCUT2D eigenvalue weighted by atomic mass is 10.2. The summed E-state index contributed by atoms with van der Waals surface area (Å²) in [5.74, 6) is 0.192. The Bertz CT molecular complexity index is 722. The van der Waals surface area contributed by atoms with E-state index < -0.39 is 17.7 Å². The molecule has 0 bridgehead atoms.